The largest absolute Gasteiger partial charge is 0.488 e. The van der Waals surface area contributed by atoms with Gasteiger partial charge in [0, 0.05) is 5.56 Å². The van der Waals surface area contributed by atoms with E-state index < -0.39 is 0 Å². The summed E-state index contributed by atoms with van der Waals surface area (Å²) < 4.78 is 6.17. The van der Waals surface area contributed by atoms with Gasteiger partial charge in [-0.25, -0.2) is 0 Å². The van der Waals surface area contributed by atoms with Crippen LogP contribution in [-0.4, -0.2) is 5.60 Å². The third-order valence-electron chi connectivity index (χ3n) is 3.07. The Morgan fingerprint density at radius 1 is 0.789 bits per heavy atom. The lowest BCUT2D eigenvalue weighted by molar-refractivity contribution is 0.128. The topological polar surface area (TPSA) is 9.23 Å². The van der Waals surface area contributed by atoms with Crippen LogP contribution in [0.1, 0.15) is 47.1 Å². The molecule has 0 heterocycles. The van der Waals surface area contributed by atoms with E-state index in [9.17, 15) is 0 Å². The van der Waals surface area contributed by atoms with Crippen molar-refractivity contribution in [2.24, 2.45) is 0 Å². The van der Waals surface area contributed by atoms with E-state index >= 15 is 0 Å². The molecule has 0 radical (unpaired) electrons. The normalized spacial score (nSPS) is 12.7. The third kappa shape index (κ3) is 3.28. The fraction of sp³-hybridized carbons (Fsp3) is 0.444. The fourth-order valence-corrected chi connectivity index (χ4v) is 2.22. The van der Waals surface area contributed by atoms with Crippen LogP contribution >= 0.6 is 0 Å². The molecule has 2 rings (SSSR count). The maximum absolute atomic E-state index is 6.17. The molecular weight excluding hydrogens is 232 g/mol. The van der Waals surface area contributed by atoms with Crippen LogP contribution in [0.2, 0.25) is 0 Å². The lowest BCUT2D eigenvalue weighted by atomic mass is 9.85. The van der Waals surface area contributed by atoms with Crippen molar-refractivity contribution >= 4 is 10.8 Å². The highest BCUT2D eigenvalue weighted by atomic mass is 16.5. The Morgan fingerprint density at radius 3 is 1.79 bits per heavy atom. The van der Waals surface area contributed by atoms with E-state index in [1.807, 2.05) is 0 Å². The number of ether oxygens (including phenoxy) is 1. The van der Waals surface area contributed by atoms with Crippen LogP contribution < -0.4 is 4.74 Å². The first-order chi connectivity index (χ1) is 8.67. The maximum atomic E-state index is 6.17. The monoisotopic (exact) mass is 256 g/mol. The van der Waals surface area contributed by atoms with Crippen molar-refractivity contribution in [2.75, 3.05) is 0 Å². The molecule has 0 N–H and O–H groups in total. The van der Waals surface area contributed by atoms with Gasteiger partial charge in [-0.3, -0.25) is 0 Å². The van der Waals surface area contributed by atoms with Gasteiger partial charge in [-0.05, 0) is 49.1 Å². The molecule has 0 atom stereocenters. The highest BCUT2D eigenvalue weighted by Crippen LogP contribution is 2.36. The molecule has 0 saturated heterocycles. The molecule has 1 heteroatoms. The van der Waals surface area contributed by atoms with Gasteiger partial charge in [0.25, 0.3) is 0 Å². The molecule has 0 fully saturated rings. The van der Waals surface area contributed by atoms with Gasteiger partial charge in [-0.1, -0.05) is 45.0 Å². The summed E-state index contributed by atoms with van der Waals surface area (Å²) in [6.07, 6.45) is 0. The molecule has 0 aliphatic heterocycles. The van der Waals surface area contributed by atoms with Gasteiger partial charge < -0.3 is 4.74 Å². The van der Waals surface area contributed by atoms with Crippen molar-refractivity contribution in [2.45, 2.75) is 52.6 Å². The minimum Gasteiger partial charge on any atom is -0.488 e. The lowest BCUT2D eigenvalue weighted by Gasteiger charge is -2.28. The Hall–Kier alpha value is -1.50. The summed E-state index contributed by atoms with van der Waals surface area (Å²) in [5.74, 6) is 0.999. The van der Waals surface area contributed by atoms with Crippen molar-refractivity contribution in [1.82, 2.24) is 0 Å². The fourth-order valence-electron chi connectivity index (χ4n) is 2.22. The second-order valence-corrected chi connectivity index (χ2v) is 7.16. The van der Waals surface area contributed by atoms with Crippen LogP contribution in [0.3, 0.4) is 0 Å². The number of benzene rings is 2. The molecule has 2 aromatic rings. The molecule has 19 heavy (non-hydrogen) atoms. The van der Waals surface area contributed by atoms with Crippen LogP contribution in [0.15, 0.2) is 36.4 Å². The predicted molar refractivity (Wildman–Crippen MR) is 83.0 cm³/mol. The van der Waals surface area contributed by atoms with E-state index in [1.165, 1.54) is 16.3 Å². The Bertz CT molecular complexity index is 583. The first-order valence-corrected chi connectivity index (χ1v) is 6.89. The SMILES string of the molecule is CC(C)(C)Oc1cc2ccccc2cc1C(C)(C)C. The molecule has 0 aromatic heterocycles. The summed E-state index contributed by atoms with van der Waals surface area (Å²) >= 11 is 0. The zero-order valence-corrected chi connectivity index (χ0v) is 12.9. The van der Waals surface area contributed by atoms with Crippen LogP contribution in [0.5, 0.6) is 5.75 Å². The van der Waals surface area contributed by atoms with Gasteiger partial charge in [0.05, 0.1) is 0 Å². The highest BCUT2D eigenvalue weighted by Gasteiger charge is 2.22. The summed E-state index contributed by atoms with van der Waals surface area (Å²) in [6, 6.07) is 12.9. The molecule has 1 nitrogen and oxygen atoms in total. The van der Waals surface area contributed by atoms with Crippen LogP contribution in [0.25, 0.3) is 10.8 Å². The number of rotatable bonds is 1. The van der Waals surface area contributed by atoms with E-state index in [-0.39, 0.29) is 11.0 Å². The Kier molecular flexibility index (Phi) is 3.34. The van der Waals surface area contributed by atoms with E-state index in [2.05, 4.69) is 77.9 Å². The van der Waals surface area contributed by atoms with Gasteiger partial charge in [-0.2, -0.15) is 0 Å². The number of hydrogen-bond acceptors (Lipinski definition) is 1. The molecule has 0 unspecified atom stereocenters. The standard InChI is InChI=1S/C18H24O/c1-17(2,3)15-11-13-9-7-8-10-14(13)12-16(15)19-18(4,5)6/h7-12H,1-6H3. The van der Waals surface area contributed by atoms with E-state index in [0.29, 0.717) is 0 Å². The molecule has 0 spiro atoms. The average Bonchev–Trinajstić information content (AvgIpc) is 2.24. The number of fused-ring (bicyclic) bond motifs is 1. The quantitative estimate of drug-likeness (QED) is 0.671. The third-order valence-corrected chi connectivity index (χ3v) is 3.07. The summed E-state index contributed by atoms with van der Waals surface area (Å²) in [7, 11) is 0. The van der Waals surface area contributed by atoms with E-state index in [0.717, 1.165) is 5.75 Å². The van der Waals surface area contributed by atoms with E-state index in [4.69, 9.17) is 4.74 Å². The molecule has 0 aliphatic rings. The van der Waals surface area contributed by atoms with Crippen molar-refractivity contribution in [3.05, 3.63) is 42.0 Å². The lowest BCUT2D eigenvalue weighted by Crippen LogP contribution is -2.25. The molecule has 0 bridgehead atoms. The summed E-state index contributed by atoms with van der Waals surface area (Å²) in [6.45, 7) is 13.0. The smallest absolute Gasteiger partial charge is 0.124 e. The molecule has 2 aromatic carbocycles. The van der Waals surface area contributed by atoms with Crippen LogP contribution in [0, 0.1) is 0 Å². The van der Waals surface area contributed by atoms with Gasteiger partial charge >= 0.3 is 0 Å². The number of hydrogen-bond donors (Lipinski definition) is 0. The first kappa shape index (κ1) is 13.9. The molecule has 0 amide bonds. The van der Waals surface area contributed by atoms with Crippen molar-refractivity contribution in [1.29, 1.82) is 0 Å². The Labute approximate surface area is 116 Å². The molecule has 0 aliphatic carbocycles. The molecular formula is C18H24O. The van der Waals surface area contributed by atoms with E-state index in [1.54, 1.807) is 0 Å². The van der Waals surface area contributed by atoms with Crippen molar-refractivity contribution in [3.63, 3.8) is 0 Å². The van der Waals surface area contributed by atoms with Crippen molar-refractivity contribution < 1.29 is 4.74 Å². The van der Waals surface area contributed by atoms with Gasteiger partial charge in [-0.15, -0.1) is 0 Å². The highest BCUT2D eigenvalue weighted by molar-refractivity contribution is 5.85. The second-order valence-electron chi connectivity index (χ2n) is 7.16. The summed E-state index contributed by atoms with van der Waals surface area (Å²) in [4.78, 5) is 0. The van der Waals surface area contributed by atoms with Crippen molar-refractivity contribution in [3.8, 4) is 5.75 Å². The Balaban J connectivity index is 2.64. The first-order valence-electron chi connectivity index (χ1n) is 6.89. The molecule has 0 saturated carbocycles. The predicted octanol–water partition coefficient (Wildman–Crippen LogP) is 5.31. The second kappa shape index (κ2) is 4.56. The summed E-state index contributed by atoms with van der Waals surface area (Å²) in [5.41, 5.74) is 1.16. The Morgan fingerprint density at radius 2 is 1.32 bits per heavy atom. The zero-order chi connectivity index (χ0) is 14.3. The maximum Gasteiger partial charge on any atom is 0.124 e. The van der Waals surface area contributed by atoms with Crippen LogP contribution in [-0.2, 0) is 5.41 Å². The zero-order valence-electron chi connectivity index (χ0n) is 12.9. The van der Waals surface area contributed by atoms with Gasteiger partial charge in [0.15, 0.2) is 0 Å². The summed E-state index contributed by atoms with van der Waals surface area (Å²) in [5, 5.41) is 2.50. The van der Waals surface area contributed by atoms with Crippen LogP contribution in [0.4, 0.5) is 0 Å². The minimum atomic E-state index is -0.178. The molecule has 102 valence electrons. The van der Waals surface area contributed by atoms with Gasteiger partial charge in [0.1, 0.15) is 11.4 Å². The average molecular weight is 256 g/mol. The minimum absolute atomic E-state index is 0.0740. The van der Waals surface area contributed by atoms with Gasteiger partial charge in [0.2, 0.25) is 0 Å².